The van der Waals surface area contributed by atoms with Gasteiger partial charge in [-0.3, -0.25) is 9.69 Å². The van der Waals surface area contributed by atoms with Crippen LogP contribution in [0.15, 0.2) is 18.2 Å². The molecule has 4 rings (SSSR count). The highest BCUT2D eigenvalue weighted by atomic mass is 32.1. The largest absolute Gasteiger partial charge is 0.454 e. The molecule has 0 unspecified atom stereocenters. The third-order valence-corrected chi connectivity index (χ3v) is 6.05. The molecule has 2 aliphatic rings. The van der Waals surface area contributed by atoms with Crippen LogP contribution in [-0.2, 0) is 24.2 Å². The van der Waals surface area contributed by atoms with E-state index in [0.717, 1.165) is 48.3 Å². The van der Waals surface area contributed by atoms with Crippen LogP contribution in [0, 0.1) is 11.3 Å². The molecule has 27 heavy (non-hydrogen) atoms. The van der Waals surface area contributed by atoms with Crippen LogP contribution in [0.25, 0.3) is 0 Å². The third kappa shape index (κ3) is 3.77. The lowest BCUT2D eigenvalue weighted by Crippen LogP contribution is -2.29. The van der Waals surface area contributed by atoms with Gasteiger partial charge in [0, 0.05) is 11.4 Å². The number of likely N-dealkylation sites (N-methyl/N-ethyl adjacent to an activating group) is 1. The second-order valence-corrected chi connectivity index (χ2v) is 8.04. The summed E-state index contributed by atoms with van der Waals surface area (Å²) in [7, 11) is 1.90. The first kappa shape index (κ1) is 17.8. The van der Waals surface area contributed by atoms with E-state index in [1.807, 2.05) is 30.1 Å². The van der Waals surface area contributed by atoms with Crippen LogP contribution in [0.2, 0.25) is 0 Å². The molecule has 1 aromatic carbocycles. The highest BCUT2D eigenvalue weighted by Crippen LogP contribution is 2.37. The molecule has 0 atom stereocenters. The van der Waals surface area contributed by atoms with Gasteiger partial charge in [-0.1, -0.05) is 6.07 Å². The Kier molecular flexibility index (Phi) is 5.01. The van der Waals surface area contributed by atoms with Crippen molar-refractivity contribution in [2.75, 3.05) is 25.7 Å². The number of fused-ring (bicyclic) bond motifs is 2. The molecule has 0 fully saturated rings. The van der Waals surface area contributed by atoms with Crippen LogP contribution in [-0.4, -0.2) is 31.2 Å². The Balaban J connectivity index is 1.38. The first-order chi connectivity index (χ1) is 13.1. The van der Waals surface area contributed by atoms with Gasteiger partial charge in [-0.25, -0.2) is 0 Å². The summed E-state index contributed by atoms with van der Waals surface area (Å²) >= 11 is 1.56. The molecule has 6 nitrogen and oxygen atoms in total. The van der Waals surface area contributed by atoms with E-state index >= 15 is 0 Å². The summed E-state index contributed by atoms with van der Waals surface area (Å²) in [5, 5.41) is 13.2. The van der Waals surface area contributed by atoms with Crippen LogP contribution in [0.3, 0.4) is 0 Å². The number of hydrogen-bond donors (Lipinski definition) is 1. The summed E-state index contributed by atoms with van der Waals surface area (Å²) < 4.78 is 10.7. The smallest absolute Gasteiger partial charge is 0.239 e. The predicted molar refractivity (Wildman–Crippen MR) is 103 cm³/mol. The summed E-state index contributed by atoms with van der Waals surface area (Å²) in [4.78, 5) is 15.7. The van der Waals surface area contributed by atoms with Gasteiger partial charge in [-0.05, 0) is 56.0 Å². The van der Waals surface area contributed by atoms with Crippen molar-refractivity contribution in [2.45, 2.75) is 32.2 Å². The number of anilines is 1. The van der Waals surface area contributed by atoms with E-state index < -0.39 is 0 Å². The number of rotatable bonds is 5. The minimum Gasteiger partial charge on any atom is -0.454 e. The molecule has 0 saturated carbocycles. The quantitative estimate of drug-likeness (QED) is 0.857. The van der Waals surface area contributed by atoms with Gasteiger partial charge in [0.2, 0.25) is 12.7 Å². The van der Waals surface area contributed by atoms with Gasteiger partial charge >= 0.3 is 0 Å². The first-order valence-corrected chi connectivity index (χ1v) is 9.87. The Bertz CT molecular complexity index is 916. The molecule has 7 heteroatoms. The lowest BCUT2D eigenvalue weighted by molar-refractivity contribution is -0.117. The molecule has 0 spiro atoms. The minimum atomic E-state index is -0.103. The number of hydrogen-bond acceptors (Lipinski definition) is 6. The number of carbonyl (C=O) groups excluding carboxylic acids is 1. The molecule has 2 aromatic rings. The zero-order chi connectivity index (χ0) is 18.8. The van der Waals surface area contributed by atoms with Gasteiger partial charge in [0.05, 0.1) is 12.1 Å². The number of amides is 1. The molecule has 1 aliphatic heterocycles. The number of carbonyl (C=O) groups is 1. The molecular formula is C20H21N3O3S. The maximum absolute atomic E-state index is 12.5. The fourth-order valence-corrected chi connectivity index (χ4v) is 4.85. The molecule has 140 valence electrons. The van der Waals surface area contributed by atoms with Crippen LogP contribution in [0.5, 0.6) is 11.5 Å². The zero-order valence-electron chi connectivity index (χ0n) is 15.2. The van der Waals surface area contributed by atoms with Gasteiger partial charge in [0.25, 0.3) is 0 Å². The number of benzene rings is 1. The van der Waals surface area contributed by atoms with E-state index in [2.05, 4.69) is 11.4 Å². The standard InChI is InChI=1S/C20H21N3O3S/c1-23(10-13-6-7-16-17(8-13)26-12-25-16)11-19(24)22-20-15(9-21)14-4-2-3-5-18(14)27-20/h6-8H,2-5,10-12H2,1H3,(H,22,24). The van der Waals surface area contributed by atoms with Gasteiger partial charge in [0.1, 0.15) is 11.1 Å². The van der Waals surface area contributed by atoms with Crippen molar-refractivity contribution < 1.29 is 14.3 Å². The Hall–Kier alpha value is -2.56. The molecule has 1 aromatic heterocycles. The number of thiophene rings is 1. The minimum absolute atomic E-state index is 0.103. The number of nitrogens with one attached hydrogen (secondary N) is 1. The van der Waals surface area contributed by atoms with Crippen molar-refractivity contribution >= 4 is 22.2 Å². The average Bonchev–Trinajstić information content (AvgIpc) is 3.24. The maximum Gasteiger partial charge on any atom is 0.239 e. The number of nitrogens with zero attached hydrogens (tertiary/aromatic N) is 2. The lowest BCUT2D eigenvalue weighted by atomic mass is 9.96. The van der Waals surface area contributed by atoms with Gasteiger partial charge in [0.15, 0.2) is 11.5 Å². The van der Waals surface area contributed by atoms with E-state index in [4.69, 9.17) is 9.47 Å². The Morgan fingerprint density at radius 1 is 1.30 bits per heavy atom. The molecule has 1 amide bonds. The predicted octanol–water partition coefficient (Wildman–Crippen LogP) is 3.30. The summed E-state index contributed by atoms with van der Waals surface area (Å²) in [5.41, 5.74) is 2.85. The van der Waals surface area contributed by atoms with E-state index in [9.17, 15) is 10.1 Å². The van der Waals surface area contributed by atoms with E-state index in [1.54, 1.807) is 11.3 Å². The molecule has 1 N–H and O–H groups in total. The van der Waals surface area contributed by atoms with Crippen LogP contribution < -0.4 is 14.8 Å². The monoisotopic (exact) mass is 383 g/mol. The SMILES string of the molecule is CN(CC(=O)Nc1sc2c(c1C#N)CCCC2)Cc1ccc2c(c1)OCO2. The van der Waals surface area contributed by atoms with Gasteiger partial charge in [-0.15, -0.1) is 11.3 Å². The molecule has 0 saturated heterocycles. The molecule has 2 heterocycles. The van der Waals surface area contributed by atoms with E-state index in [1.165, 1.54) is 4.88 Å². The second-order valence-electron chi connectivity index (χ2n) is 6.93. The molecule has 0 radical (unpaired) electrons. The molecule has 0 bridgehead atoms. The van der Waals surface area contributed by atoms with Crippen molar-refractivity contribution in [3.05, 3.63) is 39.8 Å². The van der Waals surface area contributed by atoms with Crippen molar-refractivity contribution in [2.24, 2.45) is 0 Å². The summed E-state index contributed by atoms with van der Waals surface area (Å²) in [6, 6.07) is 8.09. The third-order valence-electron chi connectivity index (χ3n) is 4.84. The van der Waals surface area contributed by atoms with Gasteiger partial charge in [-0.2, -0.15) is 5.26 Å². The fraction of sp³-hybridized carbons (Fsp3) is 0.400. The highest BCUT2D eigenvalue weighted by molar-refractivity contribution is 7.16. The van der Waals surface area contributed by atoms with Gasteiger partial charge < -0.3 is 14.8 Å². The summed E-state index contributed by atoms with van der Waals surface area (Å²) in [5.74, 6) is 1.39. The van der Waals surface area contributed by atoms with Crippen molar-refractivity contribution in [3.8, 4) is 17.6 Å². The Morgan fingerprint density at radius 3 is 2.96 bits per heavy atom. The van der Waals surface area contributed by atoms with Crippen LogP contribution in [0.1, 0.15) is 34.4 Å². The molecular weight excluding hydrogens is 362 g/mol. The number of ether oxygens (including phenoxy) is 2. The second kappa shape index (κ2) is 7.59. The van der Waals surface area contributed by atoms with E-state index in [0.29, 0.717) is 17.1 Å². The fourth-order valence-electron chi connectivity index (χ4n) is 3.59. The van der Waals surface area contributed by atoms with E-state index in [-0.39, 0.29) is 19.2 Å². The topological polar surface area (TPSA) is 74.6 Å². The average molecular weight is 383 g/mol. The van der Waals surface area contributed by atoms with Crippen molar-refractivity contribution in [1.82, 2.24) is 4.90 Å². The molecule has 1 aliphatic carbocycles. The van der Waals surface area contributed by atoms with Crippen LogP contribution >= 0.6 is 11.3 Å². The zero-order valence-corrected chi connectivity index (χ0v) is 16.0. The summed E-state index contributed by atoms with van der Waals surface area (Å²) in [6.07, 6.45) is 4.22. The first-order valence-electron chi connectivity index (χ1n) is 9.05. The number of aryl methyl sites for hydroxylation is 1. The highest BCUT2D eigenvalue weighted by Gasteiger charge is 2.22. The van der Waals surface area contributed by atoms with Crippen molar-refractivity contribution in [1.29, 1.82) is 5.26 Å². The Labute approximate surface area is 162 Å². The number of nitriles is 1. The summed E-state index contributed by atoms with van der Waals surface area (Å²) in [6.45, 7) is 1.13. The lowest BCUT2D eigenvalue weighted by Gasteiger charge is -2.16. The van der Waals surface area contributed by atoms with Crippen molar-refractivity contribution in [3.63, 3.8) is 0 Å². The Morgan fingerprint density at radius 2 is 2.11 bits per heavy atom. The maximum atomic E-state index is 12.5. The normalized spacial score (nSPS) is 14.7. The van der Waals surface area contributed by atoms with Crippen LogP contribution in [0.4, 0.5) is 5.00 Å².